The first kappa shape index (κ1) is 18.8. The van der Waals surface area contributed by atoms with E-state index in [9.17, 15) is 9.59 Å². The number of piperazine rings is 1. The zero-order valence-electron chi connectivity index (χ0n) is 15.3. The number of hydrogen-bond donors (Lipinski definition) is 0. The molecule has 3 rings (SSSR count). The van der Waals surface area contributed by atoms with Crippen molar-refractivity contribution in [1.82, 2.24) is 9.88 Å². The fourth-order valence-electron chi connectivity index (χ4n) is 2.90. The molecule has 2 aromatic rings. The van der Waals surface area contributed by atoms with Crippen LogP contribution in [0, 0.1) is 0 Å². The molecule has 1 atom stereocenters. The van der Waals surface area contributed by atoms with E-state index < -0.39 is 18.2 Å². The highest BCUT2D eigenvalue weighted by Gasteiger charge is 2.33. The second kappa shape index (κ2) is 9.14. The number of nitrogens with zero attached hydrogens (tertiary/aromatic N) is 3. The summed E-state index contributed by atoms with van der Waals surface area (Å²) in [6.07, 6.45) is 2.70. The number of benzene rings is 1. The Kier molecular flexibility index (Phi) is 6.38. The Hall–Kier alpha value is -2.93. The lowest BCUT2D eigenvalue weighted by molar-refractivity contribution is -0.171. The van der Waals surface area contributed by atoms with Gasteiger partial charge in [0.2, 0.25) is 0 Å². The summed E-state index contributed by atoms with van der Waals surface area (Å²) >= 11 is 0. The maximum atomic E-state index is 12.5. The van der Waals surface area contributed by atoms with Crippen LogP contribution in [0.2, 0.25) is 0 Å². The number of anilines is 1. The van der Waals surface area contributed by atoms with Crippen LogP contribution in [-0.4, -0.2) is 54.2 Å². The van der Waals surface area contributed by atoms with Crippen LogP contribution in [0.5, 0.6) is 5.75 Å². The smallest absolute Gasteiger partial charge is 0.370 e. The molecule has 1 fully saturated rings. The summed E-state index contributed by atoms with van der Waals surface area (Å²) < 4.78 is 10.8. The lowest BCUT2D eigenvalue weighted by atomic mass is 10.2. The van der Waals surface area contributed by atoms with Crippen molar-refractivity contribution in [3.05, 3.63) is 54.9 Å². The van der Waals surface area contributed by atoms with E-state index in [2.05, 4.69) is 9.88 Å². The van der Waals surface area contributed by atoms with E-state index in [1.807, 2.05) is 35.2 Å². The molecule has 0 spiro atoms. The minimum atomic E-state index is -0.956. The summed E-state index contributed by atoms with van der Waals surface area (Å²) in [5.41, 5.74) is 1.09. The summed E-state index contributed by atoms with van der Waals surface area (Å²) in [5.74, 6) is -0.680. The topological polar surface area (TPSA) is 72.0 Å². The first-order valence-electron chi connectivity index (χ1n) is 9.02. The predicted octanol–water partition coefficient (Wildman–Crippen LogP) is 2.09. The summed E-state index contributed by atoms with van der Waals surface area (Å²) in [6.45, 7) is 4.32. The van der Waals surface area contributed by atoms with E-state index in [1.165, 1.54) is 0 Å². The number of carbonyl (C=O) groups excluding carboxylic acids is 2. The van der Waals surface area contributed by atoms with Gasteiger partial charge in [0, 0.05) is 50.7 Å². The minimum absolute atomic E-state index is 0.139. The molecule has 0 saturated carbocycles. The predicted molar refractivity (Wildman–Crippen MR) is 100 cm³/mol. The first-order valence-corrected chi connectivity index (χ1v) is 9.02. The molecule has 7 heteroatoms. The van der Waals surface area contributed by atoms with E-state index in [0.717, 1.165) is 18.8 Å². The van der Waals surface area contributed by atoms with Crippen LogP contribution in [0.1, 0.15) is 13.3 Å². The van der Waals surface area contributed by atoms with Gasteiger partial charge < -0.3 is 14.4 Å². The molecule has 2 heterocycles. The largest absolute Gasteiger partial charge is 0.464 e. The second-order valence-corrected chi connectivity index (χ2v) is 6.16. The zero-order chi connectivity index (χ0) is 19.1. The number of hydrogen-bond acceptors (Lipinski definition) is 7. The van der Waals surface area contributed by atoms with Crippen molar-refractivity contribution in [2.45, 2.75) is 19.6 Å². The SMILES string of the molecule is CCC(=O)OC(=O)C(Oc1ccccc1)N1CCN(c2ccncc2)CC1. The van der Waals surface area contributed by atoms with Crippen molar-refractivity contribution in [2.75, 3.05) is 31.1 Å². The number of carbonyl (C=O) groups is 2. The summed E-state index contributed by atoms with van der Waals surface area (Å²) in [6, 6.07) is 13.0. The van der Waals surface area contributed by atoms with Gasteiger partial charge in [0.1, 0.15) is 5.75 Å². The Labute approximate surface area is 158 Å². The normalized spacial score (nSPS) is 15.8. The molecule has 0 aliphatic carbocycles. The van der Waals surface area contributed by atoms with Gasteiger partial charge >= 0.3 is 11.9 Å². The number of esters is 2. The van der Waals surface area contributed by atoms with E-state index in [-0.39, 0.29) is 6.42 Å². The van der Waals surface area contributed by atoms with Gasteiger partial charge in [0.05, 0.1) is 0 Å². The lowest BCUT2D eigenvalue weighted by Crippen LogP contribution is -2.55. The van der Waals surface area contributed by atoms with Gasteiger partial charge in [-0.3, -0.25) is 14.7 Å². The highest BCUT2D eigenvalue weighted by Crippen LogP contribution is 2.19. The first-order chi connectivity index (χ1) is 13.2. The van der Waals surface area contributed by atoms with Crippen LogP contribution in [0.15, 0.2) is 54.9 Å². The second-order valence-electron chi connectivity index (χ2n) is 6.16. The van der Waals surface area contributed by atoms with Crippen LogP contribution in [0.3, 0.4) is 0 Å². The van der Waals surface area contributed by atoms with Crippen LogP contribution in [0.25, 0.3) is 0 Å². The Morgan fingerprint density at radius 1 is 1.04 bits per heavy atom. The van der Waals surface area contributed by atoms with Gasteiger partial charge in [-0.25, -0.2) is 4.79 Å². The molecule has 0 N–H and O–H groups in total. The van der Waals surface area contributed by atoms with Crippen LogP contribution < -0.4 is 9.64 Å². The quantitative estimate of drug-likeness (QED) is 0.570. The van der Waals surface area contributed by atoms with Gasteiger partial charge in [-0.2, -0.15) is 0 Å². The molecular weight excluding hydrogens is 346 g/mol. The fourth-order valence-corrected chi connectivity index (χ4v) is 2.90. The van der Waals surface area contributed by atoms with E-state index in [0.29, 0.717) is 18.8 Å². The average Bonchev–Trinajstić information content (AvgIpc) is 2.73. The van der Waals surface area contributed by atoms with Crippen LogP contribution >= 0.6 is 0 Å². The van der Waals surface area contributed by atoms with Crippen molar-refractivity contribution >= 4 is 17.6 Å². The molecule has 1 aliphatic rings. The van der Waals surface area contributed by atoms with Crippen molar-refractivity contribution in [3.8, 4) is 5.75 Å². The third-order valence-electron chi connectivity index (χ3n) is 4.37. The van der Waals surface area contributed by atoms with Gasteiger partial charge in [-0.1, -0.05) is 25.1 Å². The molecule has 0 bridgehead atoms. The van der Waals surface area contributed by atoms with Crippen molar-refractivity contribution in [2.24, 2.45) is 0 Å². The molecule has 1 unspecified atom stereocenters. The summed E-state index contributed by atoms with van der Waals surface area (Å²) in [4.78, 5) is 32.3. The number of para-hydroxylation sites is 1. The molecule has 1 aromatic heterocycles. The van der Waals surface area contributed by atoms with E-state index in [1.54, 1.807) is 31.5 Å². The molecule has 27 heavy (non-hydrogen) atoms. The maximum absolute atomic E-state index is 12.5. The van der Waals surface area contributed by atoms with Gasteiger partial charge in [-0.05, 0) is 24.3 Å². The number of pyridine rings is 1. The van der Waals surface area contributed by atoms with Crippen LogP contribution in [-0.2, 0) is 14.3 Å². The van der Waals surface area contributed by atoms with Crippen molar-refractivity contribution in [3.63, 3.8) is 0 Å². The Morgan fingerprint density at radius 2 is 1.70 bits per heavy atom. The van der Waals surface area contributed by atoms with Gasteiger partial charge in [0.15, 0.2) is 0 Å². The molecule has 0 radical (unpaired) electrons. The molecule has 142 valence electrons. The fraction of sp³-hybridized carbons (Fsp3) is 0.350. The molecule has 1 saturated heterocycles. The van der Waals surface area contributed by atoms with E-state index >= 15 is 0 Å². The van der Waals surface area contributed by atoms with Gasteiger partial charge in [-0.15, -0.1) is 0 Å². The summed E-state index contributed by atoms with van der Waals surface area (Å²) in [5, 5.41) is 0. The molecular formula is C20H23N3O4. The average molecular weight is 369 g/mol. The molecule has 1 aliphatic heterocycles. The summed E-state index contributed by atoms with van der Waals surface area (Å²) in [7, 11) is 0. The van der Waals surface area contributed by atoms with Gasteiger partial charge in [0.25, 0.3) is 6.23 Å². The Morgan fingerprint density at radius 3 is 2.33 bits per heavy atom. The highest BCUT2D eigenvalue weighted by atomic mass is 16.6. The van der Waals surface area contributed by atoms with Crippen LogP contribution in [0.4, 0.5) is 5.69 Å². The highest BCUT2D eigenvalue weighted by molar-refractivity contribution is 5.87. The van der Waals surface area contributed by atoms with Crippen molar-refractivity contribution < 1.29 is 19.1 Å². The lowest BCUT2D eigenvalue weighted by Gasteiger charge is -2.38. The number of rotatable bonds is 6. The maximum Gasteiger partial charge on any atom is 0.370 e. The third-order valence-corrected chi connectivity index (χ3v) is 4.37. The molecule has 7 nitrogen and oxygen atoms in total. The Balaban J connectivity index is 1.69. The standard InChI is InChI=1S/C20H23N3O4/c1-2-18(24)27-20(25)19(26-17-6-4-3-5-7-17)23-14-12-22(13-15-23)16-8-10-21-11-9-16/h3-11,19H,2,12-15H2,1H3. The Bertz CT molecular complexity index is 746. The minimum Gasteiger partial charge on any atom is -0.464 e. The van der Waals surface area contributed by atoms with Crippen molar-refractivity contribution in [1.29, 1.82) is 0 Å². The third kappa shape index (κ3) is 5.04. The number of aromatic nitrogens is 1. The zero-order valence-corrected chi connectivity index (χ0v) is 15.3. The molecule has 1 aromatic carbocycles. The van der Waals surface area contributed by atoms with E-state index in [4.69, 9.17) is 9.47 Å². The monoisotopic (exact) mass is 369 g/mol. The number of ether oxygens (including phenoxy) is 2. The molecule has 0 amide bonds.